The predicted octanol–water partition coefficient (Wildman–Crippen LogP) is 0.584. The lowest BCUT2D eigenvalue weighted by Gasteiger charge is -2.38. The maximum absolute atomic E-state index is 8.91. The van der Waals surface area contributed by atoms with Crippen LogP contribution in [0.3, 0.4) is 0 Å². The van der Waals surface area contributed by atoms with Crippen LogP contribution in [-0.4, -0.2) is 40.4 Å². The van der Waals surface area contributed by atoms with Gasteiger partial charge >= 0.3 is 0 Å². The van der Waals surface area contributed by atoms with E-state index in [9.17, 15) is 0 Å². The largest absolute Gasteiger partial charge is 0.392 e. The van der Waals surface area contributed by atoms with Gasteiger partial charge < -0.3 is 14.7 Å². The van der Waals surface area contributed by atoms with Gasteiger partial charge in [-0.05, 0) is 13.8 Å². The van der Waals surface area contributed by atoms with Crippen molar-refractivity contribution in [1.29, 1.82) is 0 Å². The molecular weight excluding hydrogens is 206 g/mol. The lowest BCUT2D eigenvalue weighted by atomic mass is 10.1. The minimum absolute atomic E-state index is 0.0190. The molecule has 0 amide bonds. The number of aliphatic hydroxyl groups is 1. The Labute approximate surface area is 95.1 Å². The molecule has 2 heterocycles. The highest BCUT2D eigenvalue weighted by Crippen LogP contribution is 2.19. The molecule has 5 heteroatoms. The van der Waals surface area contributed by atoms with E-state index in [4.69, 9.17) is 9.84 Å². The monoisotopic (exact) mass is 223 g/mol. The minimum atomic E-state index is -0.155. The molecule has 1 aromatic heterocycles. The molecule has 1 saturated heterocycles. The van der Waals surface area contributed by atoms with E-state index in [1.54, 1.807) is 12.4 Å². The van der Waals surface area contributed by atoms with Crippen LogP contribution in [0.2, 0.25) is 0 Å². The fourth-order valence-corrected chi connectivity index (χ4v) is 1.78. The number of nitrogens with zero attached hydrogens (tertiary/aromatic N) is 3. The quantitative estimate of drug-likeness (QED) is 0.795. The van der Waals surface area contributed by atoms with Crippen molar-refractivity contribution >= 4 is 5.95 Å². The van der Waals surface area contributed by atoms with Gasteiger partial charge in [-0.15, -0.1) is 0 Å². The lowest BCUT2D eigenvalue weighted by molar-refractivity contribution is -0.0281. The van der Waals surface area contributed by atoms with Gasteiger partial charge in [-0.25, -0.2) is 9.97 Å². The third-order valence-electron chi connectivity index (χ3n) is 2.58. The number of hydrogen-bond acceptors (Lipinski definition) is 5. The van der Waals surface area contributed by atoms with Crippen LogP contribution in [0.15, 0.2) is 12.4 Å². The molecule has 1 aliphatic rings. The summed E-state index contributed by atoms with van der Waals surface area (Å²) in [6.45, 7) is 6.38. The van der Waals surface area contributed by atoms with Crippen molar-refractivity contribution in [2.24, 2.45) is 0 Å². The van der Waals surface area contributed by atoms with E-state index in [2.05, 4.69) is 28.7 Å². The molecule has 1 aliphatic heterocycles. The molecule has 0 radical (unpaired) electrons. The Morgan fingerprint density at radius 3 is 2.69 bits per heavy atom. The van der Waals surface area contributed by atoms with Gasteiger partial charge in [-0.2, -0.15) is 0 Å². The van der Waals surface area contributed by atoms with Crippen LogP contribution >= 0.6 is 0 Å². The number of hydrogen-bond donors (Lipinski definition) is 1. The van der Waals surface area contributed by atoms with Crippen LogP contribution in [0.4, 0.5) is 5.95 Å². The molecule has 0 aromatic carbocycles. The number of anilines is 1. The first kappa shape index (κ1) is 11.3. The summed E-state index contributed by atoms with van der Waals surface area (Å²) in [5.74, 6) is 0.702. The Bertz CT molecular complexity index is 351. The zero-order valence-electron chi connectivity index (χ0n) is 9.68. The summed E-state index contributed by atoms with van der Waals surface area (Å²) in [5, 5.41) is 8.91. The molecule has 5 nitrogen and oxygen atoms in total. The first-order valence-electron chi connectivity index (χ1n) is 5.41. The highest BCUT2D eigenvalue weighted by atomic mass is 16.5. The lowest BCUT2D eigenvalue weighted by Crippen LogP contribution is -2.48. The van der Waals surface area contributed by atoms with Gasteiger partial charge in [0.2, 0.25) is 5.95 Å². The van der Waals surface area contributed by atoms with Crippen LogP contribution in [-0.2, 0) is 11.3 Å². The van der Waals surface area contributed by atoms with E-state index in [1.165, 1.54) is 0 Å². The van der Waals surface area contributed by atoms with Crippen molar-refractivity contribution in [2.75, 3.05) is 24.6 Å². The van der Waals surface area contributed by atoms with E-state index in [0.717, 1.165) is 18.7 Å². The fraction of sp³-hybridized carbons (Fsp3) is 0.636. The topological polar surface area (TPSA) is 58.5 Å². The SMILES string of the molecule is CC1(C)CN(c2ncc(CO)cn2)CCO1. The summed E-state index contributed by atoms with van der Waals surface area (Å²) in [5.41, 5.74) is 0.577. The number of aliphatic hydroxyl groups excluding tert-OH is 1. The average molecular weight is 223 g/mol. The van der Waals surface area contributed by atoms with Gasteiger partial charge in [0.1, 0.15) is 0 Å². The molecule has 1 fully saturated rings. The fourth-order valence-electron chi connectivity index (χ4n) is 1.78. The van der Waals surface area contributed by atoms with Crippen LogP contribution in [0, 0.1) is 0 Å². The first-order chi connectivity index (χ1) is 7.61. The third-order valence-corrected chi connectivity index (χ3v) is 2.58. The molecule has 1 N–H and O–H groups in total. The van der Waals surface area contributed by atoms with E-state index in [-0.39, 0.29) is 12.2 Å². The summed E-state index contributed by atoms with van der Waals surface area (Å²) in [7, 11) is 0. The Morgan fingerprint density at radius 2 is 2.12 bits per heavy atom. The number of rotatable bonds is 2. The zero-order valence-corrected chi connectivity index (χ0v) is 9.68. The molecule has 1 aromatic rings. The minimum Gasteiger partial charge on any atom is -0.392 e. The maximum atomic E-state index is 8.91. The van der Waals surface area contributed by atoms with Gasteiger partial charge in [0.05, 0.1) is 18.8 Å². The second kappa shape index (κ2) is 4.35. The normalized spacial score (nSPS) is 19.8. The average Bonchev–Trinajstić information content (AvgIpc) is 2.28. The highest BCUT2D eigenvalue weighted by molar-refractivity contribution is 5.31. The molecular formula is C11H17N3O2. The van der Waals surface area contributed by atoms with Gasteiger partial charge in [-0.3, -0.25) is 0 Å². The summed E-state index contributed by atoms with van der Waals surface area (Å²) in [4.78, 5) is 10.6. The van der Waals surface area contributed by atoms with Crippen molar-refractivity contribution in [1.82, 2.24) is 9.97 Å². The van der Waals surface area contributed by atoms with E-state index < -0.39 is 0 Å². The molecule has 0 bridgehead atoms. The van der Waals surface area contributed by atoms with E-state index in [1.807, 2.05) is 0 Å². The van der Waals surface area contributed by atoms with Crippen molar-refractivity contribution < 1.29 is 9.84 Å². The molecule has 0 atom stereocenters. The van der Waals surface area contributed by atoms with E-state index in [0.29, 0.717) is 12.6 Å². The number of ether oxygens (including phenoxy) is 1. The van der Waals surface area contributed by atoms with Gasteiger partial charge in [0, 0.05) is 31.0 Å². The first-order valence-corrected chi connectivity index (χ1v) is 5.41. The van der Waals surface area contributed by atoms with Crippen LogP contribution in [0.25, 0.3) is 0 Å². The van der Waals surface area contributed by atoms with Crippen LogP contribution in [0.1, 0.15) is 19.4 Å². The van der Waals surface area contributed by atoms with Gasteiger partial charge in [0.25, 0.3) is 0 Å². The molecule has 0 saturated carbocycles. The van der Waals surface area contributed by atoms with Crippen molar-refractivity contribution in [3.63, 3.8) is 0 Å². The molecule has 0 spiro atoms. The van der Waals surface area contributed by atoms with Crippen LogP contribution < -0.4 is 4.90 Å². The van der Waals surface area contributed by atoms with Crippen molar-refractivity contribution in [3.8, 4) is 0 Å². The predicted molar refractivity (Wildman–Crippen MR) is 60.2 cm³/mol. The summed E-state index contributed by atoms with van der Waals surface area (Å²) in [6, 6.07) is 0. The van der Waals surface area contributed by atoms with E-state index >= 15 is 0 Å². The second-order valence-electron chi connectivity index (χ2n) is 4.58. The zero-order chi connectivity index (χ0) is 11.6. The molecule has 2 rings (SSSR count). The molecule has 16 heavy (non-hydrogen) atoms. The number of aromatic nitrogens is 2. The smallest absolute Gasteiger partial charge is 0.225 e. The molecule has 0 unspecified atom stereocenters. The molecule has 88 valence electrons. The second-order valence-corrected chi connectivity index (χ2v) is 4.58. The molecule has 0 aliphatic carbocycles. The summed E-state index contributed by atoms with van der Waals surface area (Å²) in [6.07, 6.45) is 3.32. The number of morpholine rings is 1. The van der Waals surface area contributed by atoms with Gasteiger partial charge in [-0.1, -0.05) is 0 Å². The van der Waals surface area contributed by atoms with Crippen molar-refractivity contribution in [2.45, 2.75) is 26.1 Å². The Balaban J connectivity index is 2.11. The van der Waals surface area contributed by atoms with Gasteiger partial charge in [0.15, 0.2) is 0 Å². The highest BCUT2D eigenvalue weighted by Gasteiger charge is 2.28. The Kier molecular flexibility index (Phi) is 3.07. The Morgan fingerprint density at radius 1 is 1.44 bits per heavy atom. The Hall–Kier alpha value is -1.20. The van der Waals surface area contributed by atoms with Crippen molar-refractivity contribution in [3.05, 3.63) is 18.0 Å². The maximum Gasteiger partial charge on any atom is 0.225 e. The third kappa shape index (κ3) is 2.48. The summed E-state index contributed by atoms with van der Waals surface area (Å²) < 4.78 is 5.62. The standard InChI is InChI=1S/C11H17N3O2/c1-11(2)8-14(3-4-16-11)10-12-5-9(7-15)6-13-10/h5-6,15H,3-4,7-8H2,1-2H3. The summed E-state index contributed by atoms with van der Waals surface area (Å²) >= 11 is 0. The van der Waals surface area contributed by atoms with Crippen LogP contribution in [0.5, 0.6) is 0 Å².